The Balaban J connectivity index is 0. The molecule has 5 heteroatoms. The molecule has 0 heterocycles. The van der Waals surface area contributed by atoms with Crippen LogP contribution < -0.4 is 206 Å². The first kappa shape index (κ1) is 30.0. The normalized spacial score (nSPS) is 0. The fourth-order valence-corrected chi connectivity index (χ4v) is 0. The maximum atomic E-state index is 0. The Kier molecular flexibility index (Phi) is 135. The Morgan fingerprint density at radius 2 is 0.600 bits per heavy atom. The van der Waals surface area contributed by atoms with E-state index in [0.717, 1.165) is 0 Å². The number of rotatable bonds is 0. The summed E-state index contributed by atoms with van der Waals surface area (Å²) in [5.41, 5.74) is 0. The Morgan fingerprint density at radius 1 is 0.600 bits per heavy atom. The van der Waals surface area contributed by atoms with E-state index in [2.05, 4.69) is 0 Å². The van der Waals surface area contributed by atoms with Gasteiger partial charge in [-0.15, -0.1) is 0 Å². The Labute approximate surface area is 208 Å². The average molecular weight is 178 g/mol. The standard InChI is InChI=1S/4K.H2O.4H/h;;;;1H2;;;;/q4*+1;;4*-1. The van der Waals surface area contributed by atoms with Crippen LogP contribution in [0.1, 0.15) is 5.71 Å². The van der Waals surface area contributed by atoms with Crippen LogP contribution in [0.2, 0.25) is 0 Å². The molecule has 0 amide bonds. The van der Waals surface area contributed by atoms with Gasteiger partial charge in [-0.3, -0.25) is 0 Å². The first-order valence-electron chi connectivity index (χ1n) is 0. The van der Waals surface area contributed by atoms with Gasteiger partial charge in [0.25, 0.3) is 0 Å². The van der Waals surface area contributed by atoms with Crippen LogP contribution in [-0.2, 0) is 0 Å². The van der Waals surface area contributed by atoms with Crippen molar-refractivity contribution in [1.82, 2.24) is 0 Å². The van der Waals surface area contributed by atoms with Gasteiger partial charge in [0, 0.05) is 0 Å². The van der Waals surface area contributed by atoms with E-state index < -0.39 is 0 Å². The molecule has 5 heavy (non-hydrogen) atoms. The Bertz CT molecular complexity index is 12.5. The Hall–Kier alpha value is 6.51. The molecule has 16 valence electrons. The zero-order valence-corrected chi connectivity index (χ0v) is 17.0. The van der Waals surface area contributed by atoms with Crippen molar-refractivity contribution < 1.29 is 217 Å². The van der Waals surface area contributed by atoms with Crippen LogP contribution in [-0.4, -0.2) is 5.48 Å². The van der Waals surface area contributed by atoms with E-state index in [0.29, 0.717) is 0 Å². The van der Waals surface area contributed by atoms with Crippen molar-refractivity contribution in [2.24, 2.45) is 0 Å². The summed E-state index contributed by atoms with van der Waals surface area (Å²) in [6.07, 6.45) is 0. The van der Waals surface area contributed by atoms with E-state index in [1.807, 2.05) is 0 Å². The summed E-state index contributed by atoms with van der Waals surface area (Å²) in [5.74, 6) is 0. The minimum absolute atomic E-state index is 0. The molecule has 0 aliphatic carbocycles. The molecule has 0 bridgehead atoms. The van der Waals surface area contributed by atoms with Gasteiger partial charge in [0.1, 0.15) is 0 Å². The summed E-state index contributed by atoms with van der Waals surface area (Å²) in [5, 5.41) is 0. The third kappa shape index (κ3) is 18.0. The van der Waals surface area contributed by atoms with Crippen molar-refractivity contribution in [3.63, 3.8) is 0 Å². The van der Waals surface area contributed by atoms with Crippen molar-refractivity contribution in [2.45, 2.75) is 0 Å². The minimum atomic E-state index is 0. The van der Waals surface area contributed by atoms with E-state index in [1.54, 1.807) is 0 Å². The molecule has 0 aliphatic heterocycles. The van der Waals surface area contributed by atoms with Crippen LogP contribution in [0.5, 0.6) is 0 Å². The molecule has 0 saturated heterocycles. The molecule has 0 radical (unpaired) electrons. The third-order valence-corrected chi connectivity index (χ3v) is 0. The predicted molar refractivity (Wildman–Crippen MR) is 8.06 cm³/mol. The molecule has 0 saturated carbocycles. The van der Waals surface area contributed by atoms with Gasteiger partial charge in [0.05, 0.1) is 0 Å². The second-order valence-corrected chi connectivity index (χ2v) is 0. The van der Waals surface area contributed by atoms with Crippen molar-refractivity contribution in [1.29, 1.82) is 0 Å². The number of hydrogen-bond acceptors (Lipinski definition) is 0. The first-order chi connectivity index (χ1) is 0. The average Bonchev–Trinajstić information content (AvgIpc) is 0. The van der Waals surface area contributed by atoms with Crippen LogP contribution in [0.3, 0.4) is 0 Å². The van der Waals surface area contributed by atoms with Gasteiger partial charge in [0.2, 0.25) is 0 Å². The topological polar surface area (TPSA) is 31.5 Å². The third-order valence-electron chi connectivity index (χ3n) is 0. The summed E-state index contributed by atoms with van der Waals surface area (Å²) < 4.78 is 0. The molecule has 0 atom stereocenters. The van der Waals surface area contributed by atoms with Crippen LogP contribution in [0, 0.1) is 0 Å². The van der Waals surface area contributed by atoms with Gasteiger partial charge in [-0.05, 0) is 0 Å². The molecule has 0 spiro atoms. The monoisotopic (exact) mass is 178 g/mol. The quantitative estimate of drug-likeness (QED) is 0.330. The largest absolute Gasteiger partial charge is 1.00 e. The first-order valence-corrected chi connectivity index (χ1v) is 0. The van der Waals surface area contributed by atoms with E-state index in [-0.39, 0.29) is 217 Å². The minimum Gasteiger partial charge on any atom is -1.00 e. The molecule has 0 rings (SSSR count). The molecule has 0 aromatic rings. The zero-order chi connectivity index (χ0) is 0. The SMILES string of the molecule is O.[H-].[H-].[H-].[H-].[K+].[K+].[K+].[K+]. The zero-order valence-electron chi connectivity index (χ0n) is 8.50. The van der Waals surface area contributed by atoms with Crippen molar-refractivity contribution in [3.05, 3.63) is 0 Å². The smallest absolute Gasteiger partial charge is 1.00 e. The van der Waals surface area contributed by atoms with Gasteiger partial charge < -0.3 is 11.2 Å². The summed E-state index contributed by atoms with van der Waals surface area (Å²) in [4.78, 5) is 0. The molecule has 0 unspecified atom stereocenters. The number of hydrogen-bond donors (Lipinski definition) is 0. The fourth-order valence-electron chi connectivity index (χ4n) is 0. The van der Waals surface area contributed by atoms with Gasteiger partial charge >= 0.3 is 206 Å². The Morgan fingerprint density at radius 3 is 0.600 bits per heavy atom. The van der Waals surface area contributed by atoms with Crippen LogP contribution in [0.25, 0.3) is 0 Å². The van der Waals surface area contributed by atoms with E-state index in [1.165, 1.54) is 0 Å². The van der Waals surface area contributed by atoms with E-state index >= 15 is 0 Å². The van der Waals surface area contributed by atoms with Crippen LogP contribution in [0.15, 0.2) is 0 Å². The second kappa shape index (κ2) is 22.4. The summed E-state index contributed by atoms with van der Waals surface area (Å²) in [7, 11) is 0. The summed E-state index contributed by atoms with van der Waals surface area (Å²) in [6.45, 7) is 0. The fraction of sp³-hybridized carbons (Fsp3) is 0. The predicted octanol–water partition coefficient (Wildman–Crippen LogP) is -12.4. The molecule has 1 nitrogen and oxygen atoms in total. The summed E-state index contributed by atoms with van der Waals surface area (Å²) >= 11 is 0. The van der Waals surface area contributed by atoms with E-state index in [9.17, 15) is 0 Å². The van der Waals surface area contributed by atoms with Gasteiger partial charge in [0.15, 0.2) is 0 Å². The second-order valence-electron chi connectivity index (χ2n) is 0. The molecule has 0 aliphatic rings. The maximum Gasteiger partial charge on any atom is 1.00 e. The van der Waals surface area contributed by atoms with Gasteiger partial charge in [-0.2, -0.15) is 0 Å². The maximum absolute atomic E-state index is 0. The molecule has 0 fully saturated rings. The molecule has 0 aromatic carbocycles. The van der Waals surface area contributed by atoms with E-state index in [4.69, 9.17) is 0 Å². The van der Waals surface area contributed by atoms with Gasteiger partial charge in [-0.25, -0.2) is 0 Å². The van der Waals surface area contributed by atoms with Crippen LogP contribution in [0.4, 0.5) is 0 Å². The molecular weight excluding hydrogens is 172 g/mol. The van der Waals surface area contributed by atoms with Crippen molar-refractivity contribution >= 4 is 0 Å². The van der Waals surface area contributed by atoms with Crippen molar-refractivity contribution in [3.8, 4) is 0 Å². The van der Waals surface area contributed by atoms with Gasteiger partial charge in [-0.1, -0.05) is 0 Å². The van der Waals surface area contributed by atoms with Crippen molar-refractivity contribution in [2.75, 3.05) is 0 Å². The molecular formula is H6K4O. The summed E-state index contributed by atoms with van der Waals surface area (Å²) in [6, 6.07) is 0. The molecule has 0 aromatic heterocycles. The molecule has 2 N–H and O–H groups in total. The van der Waals surface area contributed by atoms with Crippen LogP contribution >= 0.6 is 0 Å².